The molecule has 1 heterocycles. The smallest absolute Gasteiger partial charge is 0.128 e. The van der Waals surface area contributed by atoms with Crippen molar-refractivity contribution < 1.29 is 9.13 Å². The first-order valence-electron chi connectivity index (χ1n) is 7.23. The molecule has 0 amide bonds. The second-order valence-corrected chi connectivity index (χ2v) is 5.18. The van der Waals surface area contributed by atoms with Crippen molar-refractivity contribution in [3.63, 3.8) is 0 Å². The van der Waals surface area contributed by atoms with Crippen LogP contribution < -0.4 is 10.1 Å². The Bertz CT molecular complexity index is 632. The topological polar surface area (TPSA) is 21.3 Å². The average molecular weight is 320 g/mol. The summed E-state index contributed by atoms with van der Waals surface area (Å²) >= 11 is 0. The van der Waals surface area contributed by atoms with Crippen LogP contribution in [0.1, 0.15) is 18.4 Å². The van der Waals surface area contributed by atoms with Gasteiger partial charge in [-0.05, 0) is 67.9 Å². The third kappa shape index (κ3) is 4.58. The maximum atomic E-state index is 12.9. The normalized spacial score (nSPS) is 14.1. The summed E-state index contributed by atoms with van der Waals surface area (Å²) in [5.41, 5.74) is 2.61. The summed E-state index contributed by atoms with van der Waals surface area (Å²) < 4.78 is 18.6. The number of hydrogen-bond donors (Lipinski definition) is 1. The van der Waals surface area contributed by atoms with E-state index in [4.69, 9.17) is 4.74 Å². The Balaban J connectivity index is 0.00000176. The standard InChI is InChI=1S/C18H18FNO.ClH/c19-16-4-6-17(7-5-16)21-18-3-1-2-15(13-18)12-14-8-10-20-11-9-14;/h1-7,12-13,20H,8-11H2;1H. The number of nitrogens with one attached hydrogen (secondary N) is 1. The lowest BCUT2D eigenvalue weighted by molar-refractivity contribution is 0.480. The molecule has 0 unspecified atom stereocenters. The number of hydrogen-bond acceptors (Lipinski definition) is 2. The summed E-state index contributed by atoms with van der Waals surface area (Å²) in [6.45, 7) is 2.11. The third-order valence-electron chi connectivity index (χ3n) is 3.52. The predicted molar refractivity (Wildman–Crippen MR) is 90.2 cm³/mol. The fraction of sp³-hybridized carbons (Fsp3) is 0.222. The van der Waals surface area contributed by atoms with E-state index in [9.17, 15) is 4.39 Å². The van der Waals surface area contributed by atoms with Gasteiger partial charge in [0.1, 0.15) is 17.3 Å². The van der Waals surface area contributed by atoms with Crippen LogP contribution in [-0.4, -0.2) is 13.1 Å². The van der Waals surface area contributed by atoms with Gasteiger partial charge in [-0.15, -0.1) is 12.4 Å². The molecule has 2 nitrogen and oxygen atoms in total. The van der Waals surface area contributed by atoms with Gasteiger partial charge in [0.05, 0.1) is 0 Å². The summed E-state index contributed by atoms with van der Waals surface area (Å²) in [6, 6.07) is 14.0. The van der Waals surface area contributed by atoms with Gasteiger partial charge in [-0.1, -0.05) is 23.8 Å². The van der Waals surface area contributed by atoms with E-state index in [0.29, 0.717) is 5.75 Å². The lowest BCUT2D eigenvalue weighted by Crippen LogP contribution is -2.22. The van der Waals surface area contributed by atoms with Crippen LogP contribution in [0.15, 0.2) is 54.1 Å². The highest BCUT2D eigenvalue weighted by Gasteiger charge is 2.05. The molecular weight excluding hydrogens is 301 g/mol. The summed E-state index contributed by atoms with van der Waals surface area (Å²) in [7, 11) is 0. The van der Waals surface area contributed by atoms with Crippen LogP contribution >= 0.6 is 12.4 Å². The maximum absolute atomic E-state index is 12.9. The van der Waals surface area contributed by atoms with Crippen LogP contribution in [0.2, 0.25) is 0 Å². The molecule has 0 atom stereocenters. The first-order valence-corrected chi connectivity index (χ1v) is 7.23. The third-order valence-corrected chi connectivity index (χ3v) is 3.52. The zero-order chi connectivity index (χ0) is 14.5. The van der Waals surface area contributed by atoms with Gasteiger partial charge in [-0.3, -0.25) is 0 Å². The van der Waals surface area contributed by atoms with E-state index >= 15 is 0 Å². The SMILES string of the molecule is Cl.Fc1ccc(Oc2cccc(C=C3CCNCC3)c2)cc1. The van der Waals surface area contributed by atoms with Crippen LogP contribution in [0.4, 0.5) is 4.39 Å². The van der Waals surface area contributed by atoms with Crippen molar-refractivity contribution in [1.82, 2.24) is 5.32 Å². The van der Waals surface area contributed by atoms with Gasteiger partial charge in [0.2, 0.25) is 0 Å². The molecule has 22 heavy (non-hydrogen) atoms. The lowest BCUT2D eigenvalue weighted by Gasteiger charge is -2.15. The van der Waals surface area contributed by atoms with Gasteiger partial charge in [0.15, 0.2) is 0 Å². The van der Waals surface area contributed by atoms with Crippen molar-refractivity contribution in [2.24, 2.45) is 0 Å². The van der Waals surface area contributed by atoms with Crippen LogP contribution in [0.5, 0.6) is 11.5 Å². The Morgan fingerprint density at radius 1 is 0.955 bits per heavy atom. The minimum absolute atomic E-state index is 0. The highest BCUT2D eigenvalue weighted by atomic mass is 35.5. The van der Waals surface area contributed by atoms with Gasteiger partial charge < -0.3 is 10.1 Å². The second-order valence-electron chi connectivity index (χ2n) is 5.18. The van der Waals surface area contributed by atoms with Crippen LogP contribution in [-0.2, 0) is 0 Å². The summed E-state index contributed by atoms with van der Waals surface area (Å²) in [5.74, 6) is 1.15. The van der Waals surface area contributed by atoms with Gasteiger partial charge in [0.25, 0.3) is 0 Å². The van der Waals surface area contributed by atoms with E-state index in [2.05, 4.69) is 17.5 Å². The van der Waals surface area contributed by atoms with E-state index in [1.54, 1.807) is 12.1 Å². The van der Waals surface area contributed by atoms with Crippen molar-refractivity contribution in [3.8, 4) is 11.5 Å². The first kappa shape index (κ1) is 16.5. The molecule has 2 aromatic rings. The van der Waals surface area contributed by atoms with E-state index in [1.807, 2.05) is 18.2 Å². The molecule has 4 heteroatoms. The molecule has 0 spiro atoms. The second kappa shape index (κ2) is 7.97. The summed E-state index contributed by atoms with van der Waals surface area (Å²) in [5, 5.41) is 3.35. The van der Waals surface area contributed by atoms with Gasteiger partial charge in [-0.25, -0.2) is 4.39 Å². The van der Waals surface area contributed by atoms with Gasteiger partial charge >= 0.3 is 0 Å². The lowest BCUT2D eigenvalue weighted by atomic mass is 10.0. The fourth-order valence-corrected chi connectivity index (χ4v) is 2.43. The quantitative estimate of drug-likeness (QED) is 0.877. The fourth-order valence-electron chi connectivity index (χ4n) is 2.43. The minimum Gasteiger partial charge on any atom is -0.457 e. The Hall–Kier alpha value is -1.84. The molecule has 2 aromatic carbocycles. The minimum atomic E-state index is -0.258. The molecule has 1 saturated heterocycles. The highest BCUT2D eigenvalue weighted by Crippen LogP contribution is 2.24. The Kier molecular flexibility index (Phi) is 5.99. The maximum Gasteiger partial charge on any atom is 0.128 e. The molecule has 0 bridgehead atoms. The molecule has 0 aliphatic carbocycles. The number of piperidine rings is 1. The average Bonchev–Trinajstić information content (AvgIpc) is 2.51. The highest BCUT2D eigenvalue weighted by molar-refractivity contribution is 5.85. The van der Waals surface area contributed by atoms with Crippen molar-refractivity contribution in [2.45, 2.75) is 12.8 Å². The van der Waals surface area contributed by atoms with Crippen LogP contribution in [0.3, 0.4) is 0 Å². The number of benzene rings is 2. The Morgan fingerprint density at radius 3 is 2.41 bits per heavy atom. The van der Waals surface area contributed by atoms with Crippen molar-refractivity contribution in [2.75, 3.05) is 13.1 Å². The first-order chi connectivity index (χ1) is 10.3. The molecule has 0 aromatic heterocycles. The van der Waals surface area contributed by atoms with Crippen LogP contribution in [0, 0.1) is 5.82 Å². The number of rotatable bonds is 3. The largest absolute Gasteiger partial charge is 0.457 e. The zero-order valence-corrected chi connectivity index (χ0v) is 13.0. The number of ether oxygens (including phenoxy) is 1. The van der Waals surface area contributed by atoms with Crippen molar-refractivity contribution in [3.05, 3.63) is 65.5 Å². The van der Waals surface area contributed by atoms with Crippen LogP contribution in [0.25, 0.3) is 6.08 Å². The molecule has 0 radical (unpaired) electrons. The Morgan fingerprint density at radius 2 is 1.68 bits per heavy atom. The monoisotopic (exact) mass is 319 g/mol. The predicted octanol–water partition coefficient (Wildman–Crippen LogP) is 4.81. The molecule has 0 saturated carbocycles. The van der Waals surface area contributed by atoms with Crippen molar-refractivity contribution >= 4 is 18.5 Å². The summed E-state index contributed by atoms with van der Waals surface area (Å²) in [6.07, 6.45) is 4.43. The van der Waals surface area contributed by atoms with E-state index in [0.717, 1.165) is 37.2 Å². The molecule has 1 fully saturated rings. The molecule has 116 valence electrons. The molecular formula is C18H19ClFNO. The van der Waals surface area contributed by atoms with Gasteiger partial charge in [0, 0.05) is 0 Å². The molecule has 3 rings (SSSR count). The van der Waals surface area contributed by atoms with E-state index in [-0.39, 0.29) is 18.2 Å². The number of halogens is 2. The van der Waals surface area contributed by atoms with E-state index in [1.165, 1.54) is 17.7 Å². The van der Waals surface area contributed by atoms with Crippen molar-refractivity contribution in [1.29, 1.82) is 0 Å². The summed E-state index contributed by atoms with van der Waals surface area (Å²) in [4.78, 5) is 0. The van der Waals surface area contributed by atoms with E-state index < -0.39 is 0 Å². The van der Waals surface area contributed by atoms with Gasteiger partial charge in [-0.2, -0.15) is 0 Å². The zero-order valence-electron chi connectivity index (χ0n) is 12.2. The molecule has 1 N–H and O–H groups in total. The molecule has 1 aliphatic rings. The Labute approximate surface area is 136 Å². The molecule has 1 aliphatic heterocycles.